The minimum Gasteiger partial charge on any atom is -0.385 e. The molecule has 1 N–H and O–H groups in total. The largest absolute Gasteiger partial charge is 0.433 e. The van der Waals surface area contributed by atoms with E-state index in [0.29, 0.717) is 6.20 Å². The molecule has 0 saturated heterocycles. The molecule has 1 heterocycles. The van der Waals surface area contributed by atoms with Crippen LogP contribution in [0.15, 0.2) is 24.4 Å². The normalized spacial score (nSPS) is 23.4. The number of halogens is 7. The Hall–Kier alpha value is -1.80. The van der Waals surface area contributed by atoms with Gasteiger partial charge in [0.05, 0.1) is 0 Å². The Morgan fingerprint density at radius 3 is 2.33 bits per heavy atom. The molecule has 0 saturated carbocycles. The van der Waals surface area contributed by atoms with E-state index in [1.807, 2.05) is 0 Å². The molecule has 0 bridgehead atoms. The summed E-state index contributed by atoms with van der Waals surface area (Å²) in [6.07, 6.45) is -11.7. The summed E-state index contributed by atoms with van der Waals surface area (Å²) in [5.74, 6) is -0.808. The summed E-state index contributed by atoms with van der Waals surface area (Å²) in [4.78, 5) is 3.19. The first-order valence-electron chi connectivity index (χ1n) is 6.64. The zero-order chi connectivity index (χ0) is 17.8. The van der Waals surface area contributed by atoms with Crippen LogP contribution in [0.2, 0.25) is 5.02 Å². The summed E-state index contributed by atoms with van der Waals surface area (Å²) in [6.45, 7) is 0. The van der Waals surface area contributed by atoms with Crippen LogP contribution in [0.25, 0.3) is 11.1 Å². The Morgan fingerprint density at radius 2 is 1.75 bits per heavy atom. The Balaban J connectivity index is 2.31. The number of hydrogen-bond donors (Lipinski definition) is 1. The predicted molar refractivity (Wildman–Crippen MR) is 73.3 cm³/mol. The van der Waals surface area contributed by atoms with Crippen LogP contribution in [0.4, 0.5) is 26.3 Å². The number of aliphatic hydroxyl groups is 1. The Kier molecular flexibility index (Phi) is 4.00. The minimum absolute atomic E-state index is 0.0681. The Morgan fingerprint density at radius 1 is 1.08 bits per heavy atom. The van der Waals surface area contributed by atoms with Crippen LogP contribution in [0, 0.1) is 5.82 Å². The molecule has 0 aliphatic heterocycles. The third-order valence-corrected chi connectivity index (χ3v) is 3.97. The first-order valence-corrected chi connectivity index (χ1v) is 7.01. The van der Waals surface area contributed by atoms with E-state index in [9.17, 15) is 31.4 Å². The van der Waals surface area contributed by atoms with E-state index in [2.05, 4.69) is 4.98 Å². The van der Waals surface area contributed by atoms with Crippen LogP contribution < -0.4 is 0 Å². The van der Waals surface area contributed by atoms with E-state index >= 15 is 0 Å². The molecule has 0 amide bonds. The molecule has 9 heteroatoms. The van der Waals surface area contributed by atoms with Gasteiger partial charge in [-0.15, -0.1) is 0 Å². The molecule has 1 aliphatic rings. The maximum absolute atomic E-state index is 14.2. The van der Waals surface area contributed by atoms with Crippen molar-refractivity contribution >= 4 is 11.6 Å². The quantitative estimate of drug-likeness (QED) is 0.723. The van der Waals surface area contributed by atoms with Crippen LogP contribution in [0.1, 0.15) is 29.1 Å². The molecular formula is C15H8ClF6NO. The van der Waals surface area contributed by atoms with Gasteiger partial charge in [0.25, 0.3) is 0 Å². The minimum atomic E-state index is -5.01. The summed E-state index contributed by atoms with van der Waals surface area (Å²) >= 11 is 5.69. The highest BCUT2D eigenvalue weighted by molar-refractivity contribution is 6.30. The second-order valence-corrected chi connectivity index (χ2v) is 5.73. The second-order valence-electron chi connectivity index (χ2n) is 5.29. The molecular weight excluding hydrogens is 360 g/mol. The van der Waals surface area contributed by atoms with Gasteiger partial charge in [-0.25, -0.2) is 13.2 Å². The number of rotatable bonds is 1. The van der Waals surface area contributed by atoms with Crippen molar-refractivity contribution in [3.05, 3.63) is 52.1 Å². The lowest BCUT2D eigenvalue weighted by Crippen LogP contribution is -2.16. The monoisotopic (exact) mass is 367 g/mol. The maximum Gasteiger partial charge on any atom is 0.433 e. The van der Waals surface area contributed by atoms with Gasteiger partial charge < -0.3 is 5.11 Å². The third kappa shape index (κ3) is 2.63. The molecule has 0 radical (unpaired) electrons. The van der Waals surface area contributed by atoms with Gasteiger partial charge in [-0.1, -0.05) is 11.6 Å². The number of aliphatic hydroxyl groups excluding tert-OH is 1. The predicted octanol–water partition coefficient (Wildman–Crippen LogP) is 4.96. The number of hydrogen-bond acceptors (Lipinski definition) is 2. The van der Waals surface area contributed by atoms with Crippen molar-refractivity contribution in [3.63, 3.8) is 0 Å². The van der Waals surface area contributed by atoms with Crippen molar-refractivity contribution in [2.24, 2.45) is 0 Å². The zero-order valence-corrected chi connectivity index (χ0v) is 12.3. The molecule has 3 rings (SSSR count). The summed E-state index contributed by atoms with van der Waals surface area (Å²) < 4.78 is 80.6. The first kappa shape index (κ1) is 17.0. The molecule has 1 aromatic carbocycles. The maximum atomic E-state index is 14.2. The fraction of sp³-hybridized carbons (Fsp3) is 0.267. The number of fused-ring (bicyclic) bond motifs is 1. The molecule has 128 valence electrons. The standard InChI is InChI=1S/C15H8ClF6NO/c16-6-1-5(2-7(17)3-6)8-4-23-14(15(20,21)22)10-9(8)11(18)12(19)13(10)24/h1-4,11-13,24H/t11-,12-,13+/m1/s1. The van der Waals surface area contributed by atoms with Crippen molar-refractivity contribution in [1.29, 1.82) is 0 Å². The smallest absolute Gasteiger partial charge is 0.385 e. The molecule has 3 atom stereocenters. The van der Waals surface area contributed by atoms with Crippen molar-refractivity contribution in [3.8, 4) is 11.1 Å². The summed E-state index contributed by atoms with van der Waals surface area (Å²) in [7, 11) is 0. The average Bonchev–Trinajstić information content (AvgIpc) is 2.70. The van der Waals surface area contributed by atoms with Crippen molar-refractivity contribution in [2.45, 2.75) is 24.6 Å². The van der Waals surface area contributed by atoms with E-state index in [1.54, 1.807) is 0 Å². The van der Waals surface area contributed by atoms with Gasteiger partial charge in [0.15, 0.2) is 18.0 Å². The summed E-state index contributed by atoms with van der Waals surface area (Å²) in [5, 5.41) is 9.61. The lowest BCUT2D eigenvalue weighted by Gasteiger charge is -2.16. The lowest BCUT2D eigenvalue weighted by molar-refractivity contribution is -0.143. The lowest BCUT2D eigenvalue weighted by atomic mass is 9.96. The Labute approximate surface area is 136 Å². The van der Waals surface area contributed by atoms with Crippen molar-refractivity contribution in [2.75, 3.05) is 0 Å². The van der Waals surface area contributed by atoms with Gasteiger partial charge in [0, 0.05) is 27.9 Å². The van der Waals surface area contributed by atoms with Crippen LogP contribution in [0.5, 0.6) is 0 Å². The van der Waals surface area contributed by atoms with E-state index in [-0.39, 0.29) is 16.1 Å². The Bertz CT molecular complexity index is 789. The zero-order valence-electron chi connectivity index (χ0n) is 11.6. The molecule has 0 unspecified atom stereocenters. The number of aromatic nitrogens is 1. The van der Waals surface area contributed by atoms with Gasteiger partial charge >= 0.3 is 6.18 Å². The van der Waals surface area contributed by atoms with Gasteiger partial charge in [-0.05, 0) is 23.8 Å². The number of pyridine rings is 1. The molecule has 0 spiro atoms. The molecule has 1 aliphatic carbocycles. The second kappa shape index (κ2) is 5.63. The first-order chi connectivity index (χ1) is 11.1. The van der Waals surface area contributed by atoms with Crippen LogP contribution in [0.3, 0.4) is 0 Å². The van der Waals surface area contributed by atoms with E-state index < -0.39 is 47.3 Å². The van der Waals surface area contributed by atoms with Crippen LogP contribution in [-0.4, -0.2) is 16.3 Å². The SMILES string of the molecule is O[C@H]1c2c(C(F)(F)F)ncc(-c3cc(F)cc(Cl)c3)c2[C@@H](F)[C@H]1F. The van der Waals surface area contributed by atoms with Gasteiger partial charge in [-0.3, -0.25) is 4.98 Å². The van der Waals surface area contributed by atoms with E-state index in [0.717, 1.165) is 12.1 Å². The van der Waals surface area contributed by atoms with E-state index in [4.69, 9.17) is 11.6 Å². The van der Waals surface area contributed by atoms with Gasteiger partial charge in [0.2, 0.25) is 0 Å². The number of nitrogens with zero attached hydrogens (tertiary/aromatic N) is 1. The average molecular weight is 368 g/mol. The van der Waals surface area contributed by atoms with E-state index in [1.165, 1.54) is 6.07 Å². The molecule has 0 fully saturated rings. The van der Waals surface area contributed by atoms with Crippen LogP contribution >= 0.6 is 11.6 Å². The number of alkyl halides is 5. The molecule has 2 aromatic rings. The van der Waals surface area contributed by atoms with Gasteiger partial charge in [-0.2, -0.15) is 13.2 Å². The fourth-order valence-corrected chi connectivity index (χ4v) is 3.00. The van der Waals surface area contributed by atoms with Gasteiger partial charge in [0.1, 0.15) is 11.9 Å². The topological polar surface area (TPSA) is 33.1 Å². The van der Waals surface area contributed by atoms with Crippen molar-refractivity contribution < 1.29 is 31.4 Å². The third-order valence-electron chi connectivity index (χ3n) is 3.75. The number of benzene rings is 1. The fourth-order valence-electron chi connectivity index (χ4n) is 2.78. The molecule has 2 nitrogen and oxygen atoms in total. The summed E-state index contributed by atoms with van der Waals surface area (Å²) in [5.41, 5.74) is -3.56. The highest BCUT2D eigenvalue weighted by Gasteiger charge is 2.49. The van der Waals surface area contributed by atoms with Crippen molar-refractivity contribution in [1.82, 2.24) is 4.98 Å². The molecule has 24 heavy (non-hydrogen) atoms. The highest BCUT2D eigenvalue weighted by Crippen LogP contribution is 2.51. The summed E-state index contributed by atoms with van der Waals surface area (Å²) in [6, 6.07) is 3.03. The highest BCUT2D eigenvalue weighted by atomic mass is 35.5. The van der Waals surface area contributed by atoms with Crippen LogP contribution in [-0.2, 0) is 6.18 Å². The molecule has 1 aromatic heterocycles.